The van der Waals surface area contributed by atoms with Crippen molar-refractivity contribution >= 4 is 29.4 Å². The maximum Gasteiger partial charge on any atom is 0.253 e. The monoisotopic (exact) mass is 610 g/mol. The van der Waals surface area contributed by atoms with Crippen molar-refractivity contribution in [3.63, 3.8) is 0 Å². The van der Waals surface area contributed by atoms with Crippen LogP contribution in [0.25, 0.3) is 0 Å². The van der Waals surface area contributed by atoms with E-state index >= 15 is 0 Å². The number of amides is 2. The highest BCUT2D eigenvalue weighted by molar-refractivity contribution is 8.00. The number of nitrogens with one attached hydrogen (secondary N) is 3. The van der Waals surface area contributed by atoms with Crippen molar-refractivity contribution in [2.45, 2.75) is 58.2 Å². The number of carbonyl (C=O) groups is 2. The van der Waals surface area contributed by atoms with E-state index in [-0.39, 0.29) is 30.5 Å². The average molecular weight is 611 g/mol. The highest BCUT2D eigenvalue weighted by Gasteiger charge is 2.27. The molecular formula is C33H40F2N4O3S. The lowest BCUT2D eigenvalue weighted by Crippen LogP contribution is -2.49. The summed E-state index contributed by atoms with van der Waals surface area (Å²) in [7, 11) is 0. The standard InChI is InChI=1S/C33H40F2N4O3S/c1-4-10-39(11-5-2)33(42)24-13-21(3)12-23(17-24)32(41)37-29(16-22-14-25(34)18-26(35)15-22)31(40)19-36-30-20-43-38-28-9-7-6-8-27(28)30/h6-9,12-15,17-18,29-31,36,38,40H,4-5,10-11,16,19-20H2,1-3H3,(H,37,41)/t29-,30?,31+/m1/s1. The second-order valence-corrected chi connectivity index (χ2v) is 11.8. The molecule has 4 rings (SSSR count). The molecule has 4 N–H and O–H groups in total. The lowest BCUT2D eigenvalue weighted by atomic mass is 9.98. The minimum atomic E-state index is -1.09. The molecule has 43 heavy (non-hydrogen) atoms. The summed E-state index contributed by atoms with van der Waals surface area (Å²) < 4.78 is 31.4. The number of fused-ring (bicyclic) bond motifs is 1. The molecule has 3 aromatic rings. The Balaban J connectivity index is 1.55. The number of aryl methyl sites for hydroxylation is 1. The van der Waals surface area contributed by atoms with Crippen molar-refractivity contribution < 1.29 is 23.5 Å². The fourth-order valence-electron chi connectivity index (χ4n) is 5.35. The number of halogens is 2. The number of rotatable bonds is 13. The van der Waals surface area contributed by atoms with E-state index in [1.807, 2.05) is 45.0 Å². The van der Waals surface area contributed by atoms with Crippen molar-refractivity contribution in [1.29, 1.82) is 0 Å². The van der Waals surface area contributed by atoms with Crippen LogP contribution in [0.15, 0.2) is 60.7 Å². The second-order valence-electron chi connectivity index (χ2n) is 11.0. The van der Waals surface area contributed by atoms with Gasteiger partial charge in [-0.15, -0.1) is 0 Å². The van der Waals surface area contributed by atoms with E-state index < -0.39 is 29.7 Å². The zero-order valence-electron chi connectivity index (χ0n) is 24.8. The Kier molecular flexibility index (Phi) is 11.6. The summed E-state index contributed by atoms with van der Waals surface area (Å²) in [6.07, 6.45) is 0.554. The first kappa shape index (κ1) is 32.4. The van der Waals surface area contributed by atoms with Crippen LogP contribution in [-0.2, 0) is 6.42 Å². The van der Waals surface area contributed by atoms with E-state index in [4.69, 9.17) is 0 Å². The largest absolute Gasteiger partial charge is 0.390 e. The molecule has 1 aliphatic rings. The van der Waals surface area contributed by atoms with Crippen molar-refractivity contribution in [3.8, 4) is 0 Å². The molecular weight excluding hydrogens is 570 g/mol. The molecule has 2 amide bonds. The molecule has 0 saturated carbocycles. The highest BCUT2D eigenvalue weighted by atomic mass is 32.2. The molecule has 0 aromatic heterocycles. The van der Waals surface area contributed by atoms with E-state index in [0.29, 0.717) is 24.2 Å². The Morgan fingerprint density at radius 1 is 1.02 bits per heavy atom. The Morgan fingerprint density at radius 3 is 2.40 bits per heavy atom. The van der Waals surface area contributed by atoms with Gasteiger partial charge in [-0.2, -0.15) is 0 Å². The molecule has 3 atom stereocenters. The molecule has 10 heteroatoms. The molecule has 230 valence electrons. The number of nitrogens with zero attached hydrogens (tertiary/aromatic N) is 1. The molecule has 0 fully saturated rings. The summed E-state index contributed by atoms with van der Waals surface area (Å²) in [5, 5.41) is 17.6. The third-order valence-corrected chi connectivity index (χ3v) is 8.23. The molecule has 0 saturated heterocycles. The fourth-order valence-corrected chi connectivity index (χ4v) is 6.24. The Morgan fingerprint density at radius 2 is 1.70 bits per heavy atom. The van der Waals surface area contributed by atoms with Crippen molar-refractivity contribution in [3.05, 3.63) is 100 Å². The van der Waals surface area contributed by atoms with Crippen molar-refractivity contribution in [2.24, 2.45) is 0 Å². The van der Waals surface area contributed by atoms with Crippen LogP contribution in [0.1, 0.15) is 70.1 Å². The van der Waals surface area contributed by atoms with Gasteiger partial charge in [0.05, 0.1) is 12.1 Å². The van der Waals surface area contributed by atoms with Crippen LogP contribution < -0.4 is 15.4 Å². The maximum atomic E-state index is 14.0. The second kappa shape index (κ2) is 15.3. The van der Waals surface area contributed by atoms with Gasteiger partial charge in [-0.1, -0.05) is 44.0 Å². The van der Waals surface area contributed by atoms with E-state index in [0.717, 1.165) is 41.5 Å². The molecule has 1 heterocycles. The lowest BCUT2D eigenvalue weighted by Gasteiger charge is -2.30. The van der Waals surface area contributed by atoms with Crippen LogP contribution in [-0.4, -0.2) is 59.4 Å². The minimum absolute atomic E-state index is 0.000787. The molecule has 0 radical (unpaired) electrons. The molecule has 0 aliphatic carbocycles. The van der Waals surface area contributed by atoms with E-state index in [1.165, 1.54) is 12.1 Å². The van der Waals surface area contributed by atoms with E-state index in [2.05, 4.69) is 15.4 Å². The molecule has 7 nitrogen and oxygen atoms in total. The predicted molar refractivity (Wildman–Crippen MR) is 168 cm³/mol. The molecule has 3 aromatic carbocycles. The van der Waals surface area contributed by atoms with Gasteiger partial charge in [0.25, 0.3) is 11.8 Å². The van der Waals surface area contributed by atoms with Gasteiger partial charge in [0.15, 0.2) is 0 Å². The topological polar surface area (TPSA) is 93.7 Å². The predicted octanol–water partition coefficient (Wildman–Crippen LogP) is 5.64. The zero-order valence-corrected chi connectivity index (χ0v) is 25.6. The van der Waals surface area contributed by atoms with Crippen LogP contribution in [0.4, 0.5) is 14.5 Å². The van der Waals surface area contributed by atoms with Gasteiger partial charge < -0.3 is 25.4 Å². The normalized spacial score (nSPS) is 15.6. The number of para-hydroxylation sites is 1. The first-order valence-corrected chi connectivity index (χ1v) is 15.7. The number of hydrogen-bond acceptors (Lipinski definition) is 6. The van der Waals surface area contributed by atoms with Crippen molar-refractivity contribution in [2.75, 3.05) is 30.1 Å². The first-order valence-electron chi connectivity index (χ1n) is 14.7. The fraction of sp³-hybridized carbons (Fsp3) is 0.394. The van der Waals surface area contributed by atoms with Gasteiger partial charge in [0, 0.05) is 54.3 Å². The molecule has 1 unspecified atom stereocenters. The van der Waals surface area contributed by atoms with Crippen LogP contribution in [0.5, 0.6) is 0 Å². The lowest BCUT2D eigenvalue weighted by molar-refractivity contribution is 0.0755. The van der Waals surface area contributed by atoms with Crippen molar-refractivity contribution in [1.82, 2.24) is 15.5 Å². The number of carbonyl (C=O) groups excluding carboxylic acids is 2. The van der Waals surface area contributed by atoms with E-state index in [9.17, 15) is 23.5 Å². The molecule has 0 bridgehead atoms. The number of hydrogen-bond donors (Lipinski definition) is 4. The van der Waals surface area contributed by atoms with Crippen LogP contribution in [0.2, 0.25) is 0 Å². The van der Waals surface area contributed by atoms with E-state index in [1.54, 1.807) is 35.0 Å². The smallest absolute Gasteiger partial charge is 0.253 e. The summed E-state index contributed by atoms with van der Waals surface area (Å²) >= 11 is 1.55. The summed E-state index contributed by atoms with van der Waals surface area (Å²) in [5.41, 5.74) is 3.80. The van der Waals surface area contributed by atoms with Gasteiger partial charge in [-0.25, -0.2) is 8.78 Å². The number of aliphatic hydroxyl groups excluding tert-OH is 1. The average Bonchev–Trinajstić information content (AvgIpc) is 2.98. The van der Waals surface area contributed by atoms with Crippen LogP contribution in [0.3, 0.4) is 0 Å². The van der Waals surface area contributed by atoms with Gasteiger partial charge in [-0.3, -0.25) is 9.59 Å². The minimum Gasteiger partial charge on any atom is -0.390 e. The van der Waals surface area contributed by atoms with Gasteiger partial charge in [-0.05, 0) is 79.3 Å². The molecule has 1 aliphatic heterocycles. The summed E-state index contributed by atoms with van der Waals surface area (Å²) in [6, 6.07) is 15.2. The summed E-state index contributed by atoms with van der Waals surface area (Å²) in [5.74, 6) is -1.37. The van der Waals surface area contributed by atoms with Gasteiger partial charge >= 0.3 is 0 Å². The number of benzene rings is 3. The Hall–Kier alpha value is -3.47. The van der Waals surface area contributed by atoms with Gasteiger partial charge in [0.2, 0.25) is 0 Å². The molecule has 0 spiro atoms. The van der Waals surface area contributed by atoms with Gasteiger partial charge in [0.1, 0.15) is 11.6 Å². The Bertz CT molecular complexity index is 1400. The zero-order chi connectivity index (χ0) is 30.9. The number of aliphatic hydroxyl groups is 1. The maximum absolute atomic E-state index is 14.0. The number of anilines is 1. The Labute approximate surface area is 256 Å². The quantitative estimate of drug-likeness (QED) is 0.187. The highest BCUT2D eigenvalue weighted by Crippen LogP contribution is 2.32. The van der Waals surface area contributed by atoms with Crippen LogP contribution in [0, 0.1) is 18.6 Å². The summed E-state index contributed by atoms with van der Waals surface area (Å²) in [4.78, 5) is 28.6. The first-order chi connectivity index (χ1) is 20.7. The van der Waals surface area contributed by atoms with Crippen LogP contribution >= 0.6 is 11.9 Å². The third-order valence-electron chi connectivity index (χ3n) is 7.36. The SMILES string of the molecule is CCCN(CCC)C(=O)c1cc(C)cc(C(=O)N[C@H](Cc2cc(F)cc(F)c2)[C@@H](O)CNC2CSNc3ccccc32)c1. The third kappa shape index (κ3) is 8.78. The summed E-state index contributed by atoms with van der Waals surface area (Å²) in [6.45, 7) is 7.21.